The lowest BCUT2D eigenvalue weighted by Crippen LogP contribution is -2.57. The van der Waals surface area contributed by atoms with Crippen LogP contribution in [0.5, 0.6) is 5.75 Å². The molecule has 0 atom stereocenters. The Bertz CT molecular complexity index is 551. The monoisotopic (exact) mass is 290 g/mol. The average Bonchev–Trinajstić information content (AvgIpc) is 2.38. The molecule has 0 aliphatic carbocycles. The summed E-state index contributed by atoms with van der Waals surface area (Å²) in [5.74, 6) is 0.348. The molecule has 1 fully saturated rings. The highest BCUT2D eigenvalue weighted by molar-refractivity contribution is 6.02. The first kappa shape index (κ1) is 15.2. The third-order valence-electron chi connectivity index (χ3n) is 3.72. The predicted molar refractivity (Wildman–Crippen MR) is 85.9 cm³/mol. The van der Waals surface area contributed by atoms with Crippen LogP contribution >= 0.6 is 0 Å². The molecule has 1 saturated heterocycles. The van der Waals surface area contributed by atoms with Crippen LogP contribution < -0.4 is 20.7 Å². The predicted octanol–water partition coefficient (Wildman–Crippen LogP) is 1.15. The molecule has 2 rings (SSSR count). The van der Waals surface area contributed by atoms with E-state index in [1.165, 1.54) is 6.08 Å². The van der Waals surface area contributed by atoms with Crippen LogP contribution in [0, 0.1) is 0 Å². The lowest BCUT2D eigenvalue weighted by atomic mass is 10.1. The quantitative estimate of drug-likeness (QED) is 0.629. The number of nitrogens with two attached hydrogens (primary N) is 1. The Kier molecular flexibility index (Phi) is 4.37. The number of nitrogens with zero attached hydrogens (tertiary/aromatic N) is 2. The van der Waals surface area contributed by atoms with Crippen LogP contribution in [0.3, 0.4) is 0 Å². The molecule has 0 saturated carbocycles. The zero-order valence-electron chi connectivity index (χ0n) is 12.7. The third-order valence-corrected chi connectivity index (χ3v) is 3.72. The summed E-state index contributed by atoms with van der Waals surface area (Å²) in [5, 5.41) is 2.80. The van der Waals surface area contributed by atoms with Crippen molar-refractivity contribution in [3.63, 3.8) is 0 Å². The Hall–Kier alpha value is -2.21. The van der Waals surface area contributed by atoms with Crippen molar-refractivity contribution < 1.29 is 9.53 Å². The molecule has 3 N–H and O–H groups in total. The number of likely N-dealkylation sites (N-methyl/N-ethyl adjacent to an activating group) is 1. The number of hydrogen-bond donors (Lipinski definition) is 2. The Morgan fingerprint density at radius 2 is 2.19 bits per heavy atom. The van der Waals surface area contributed by atoms with Gasteiger partial charge in [-0.25, -0.2) is 0 Å². The highest BCUT2D eigenvalue weighted by Crippen LogP contribution is 2.37. The standard InChI is InChI=1S/C15H22N4O2/c1-5-15(20)17-12-6-11(16)14(21-4)7-13(12)19-8-10(9-19)18(2)3/h5-7,10H,1,8-9,16H2,2-4H3,(H,17,20). The van der Waals surface area contributed by atoms with E-state index >= 15 is 0 Å². The van der Waals surface area contributed by atoms with Crippen LogP contribution in [0.1, 0.15) is 0 Å². The molecule has 1 aliphatic heterocycles. The Labute approximate surface area is 125 Å². The number of methoxy groups -OCH3 is 1. The van der Waals surface area contributed by atoms with Crippen LogP contribution in [-0.4, -0.2) is 51.1 Å². The van der Waals surface area contributed by atoms with E-state index in [-0.39, 0.29) is 5.91 Å². The van der Waals surface area contributed by atoms with Crippen molar-refractivity contribution in [3.8, 4) is 5.75 Å². The number of carbonyl (C=O) groups is 1. The molecule has 0 radical (unpaired) electrons. The maximum absolute atomic E-state index is 11.6. The smallest absolute Gasteiger partial charge is 0.247 e. The van der Waals surface area contributed by atoms with Gasteiger partial charge in [-0.15, -0.1) is 0 Å². The lowest BCUT2D eigenvalue weighted by molar-refractivity contribution is -0.111. The lowest BCUT2D eigenvalue weighted by Gasteiger charge is -2.45. The number of rotatable bonds is 5. The van der Waals surface area contributed by atoms with Crippen LogP contribution in [0.2, 0.25) is 0 Å². The van der Waals surface area contributed by atoms with Crippen LogP contribution in [0.25, 0.3) is 0 Å². The zero-order valence-corrected chi connectivity index (χ0v) is 12.7. The largest absolute Gasteiger partial charge is 0.495 e. The van der Waals surface area contributed by atoms with Crippen LogP contribution in [0.4, 0.5) is 17.1 Å². The molecule has 1 amide bonds. The highest BCUT2D eigenvalue weighted by Gasteiger charge is 2.30. The molecule has 0 bridgehead atoms. The molecule has 1 aliphatic rings. The van der Waals surface area contributed by atoms with Crippen molar-refractivity contribution in [2.24, 2.45) is 0 Å². The summed E-state index contributed by atoms with van der Waals surface area (Å²) < 4.78 is 5.27. The van der Waals surface area contributed by atoms with Gasteiger partial charge in [0.25, 0.3) is 0 Å². The summed E-state index contributed by atoms with van der Waals surface area (Å²) in [5.41, 5.74) is 8.00. The fraction of sp³-hybridized carbons (Fsp3) is 0.400. The molecule has 21 heavy (non-hydrogen) atoms. The topological polar surface area (TPSA) is 70.8 Å². The zero-order chi connectivity index (χ0) is 15.6. The fourth-order valence-corrected chi connectivity index (χ4v) is 2.29. The number of ether oxygens (including phenoxy) is 1. The van der Waals surface area contributed by atoms with Crippen molar-refractivity contribution >= 4 is 23.0 Å². The van der Waals surface area contributed by atoms with Gasteiger partial charge in [0.2, 0.25) is 5.91 Å². The van der Waals surface area contributed by atoms with Crippen molar-refractivity contribution in [2.45, 2.75) is 6.04 Å². The van der Waals surface area contributed by atoms with Gasteiger partial charge in [0.05, 0.1) is 24.2 Å². The molecule has 6 nitrogen and oxygen atoms in total. The normalized spacial score (nSPS) is 14.8. The molecule has 114 valence electrons. The van der Waals surface area contributed by atoms with Gasteiger partial charge in [-0.3, -0.25) is 4.79 Å². The molecule has 1 heterocycles. The van der Waals surface area contributed by atoms with E-state index < -0.39 is 0 Å². The minimum absolute atomic E-state index is 0.259. The summed E-state index contributed by atoms with van der Waals surface area (Å²) in [7, 11) is 5.70. The van der Waals surface area contributed by atoms with Crippen LogP contribution in [-0.2, 0) is 4.79 Å². The summed E-state index contributed by atoms with van der Waals surface area (Å²) in [4.78, 5) is 15.9. The third kappa shape index (κ3) is 3.11. The first-order valence-electron chi connectivity index (χ1n) is 6.78. The Morgan fingerprint density at radius 1 is 1.52 bits per heavy atom. The molecule has 0 unspecified atom stereocenters. The Balaban J connectivity index is 2.28. The van der Waals surface area contributed by atoms with Gasteiger partial charge in [0.15, 0.2) is 0 Å². The van der Waals surface area contributed by atoms with Gasteiger partial charge in [-0.05, 0) is 26.2 Å². The summed E-state index contributed by atoms with van der Waals surface area (Å²) in [6, 6.07) is 4.09. The second-order valence-electron chi connectivity index (χ2n) is 5.33. The molecule has 0 spiro atoms. The van der Waals surface area contributed by atoms with Crippen LogP contribution in [0.15, 0.2) is 24.8 Å². The molecular weight excluding hydrogens is 268 g/mol. The number of carbonyl (C=O) groups excluding carboxylic acids is 1. The highest BCUT2D eigenvalue weighted by atomic mass is 16.5. The van der Waals surface area contributed by atoms with E-state index in [1.54, 1.807) is 13.2 Å². The summed E-state index contributed by atoms with van der Waals surface area (Å²) >= 11 is 0. The summed E-state index contributed by atoms with van der Waals surface area (Å²) in [6.45, 7) is 5.27. The number of anilines is 3. The average molecular weight is 290 g/mol. The fourth-order valence-electron chi connectivity index (χ4n) is 2.29. The molecule has 0 aromatic heterocycles. The van der Waals surface area contributed by atoms with Crippen molar-refractivity contribution in [1.29, 1.82) is 0 Å². The van der Waals surface area contributed by atoms with Gasteiger partial charge < -0.3 is 25.6 Å². The number of hydrogen-bond acceptors (Lipinski definition) is 5. The van der Waals surface area contributed by atoms with E-state index in [0.29, 0.717) is 23.2 Å². The van der Waals surface area contributed by atoms with Gasteiger partial charge in [-0.2, -0.15) is 0 Å². The second kappa shape index (κ2) is 6.05. The first-order chi connectivity index (χ1) is 9.96. The van der Waals surface area contributed by atoms with Crippen molar-refractivity contribution in [2.75, 3.05) is 50.2 Å². The number of amides is 1. The summed E-state index contributed by atoms with van der Waals surface area (Å²) in [6.07, 6.45) is 1.24. The number of nitrogens with one attached hydrogen (secondary N) is 1. The minimum Gasteiger partial charge on any atom is -0.495 e. The maximum Gasteiger partial charge on any atom is 0.247 e. The van der Waals surface area contributed by atoms with E-state index in [0.717, 1.165) is 18.8 Å². The van der Waals surface area contributed by atoms with E-state index in [1.807, 2.05) is 6.07 Å². The molecule has 1 aromatic carbocycles. The van der Waals surface area contributed by atoms with E-state index in [4.69, 9.17) is 10.5 Å². The van der Waals surface area contributed by atoms with Crippen molar-refractivity contribution in [1.82, 2.24) is 4.90 Å². The van der Waals surface area contributed by atoms with Gasteiger partial charge in [0.1, 0.15) is 5.75 Å². The van der Waals surface area contributed by atoms with E-state index in [2.05, 4.69) is 35.8 Å². The number of benzene rings is 1. The number of nitrogen functional groups attached to an aromatic ring is 1. The van der Waals surface area contributed by atoms with Gasteiger partial charge in [0, 0.05) is 25.2 Å². The molecular formula is C15H22N4O2. The minimum atomic E-state index is -0.259. The van der Waals surface area contributed by atoms with E-state index in [9.17, 15) is 4.79 Å². The SMILES string of the molecule is C=CC(=O)Nc1cc(N)c(OC)cc1N1CC(N(C)C)C1. The second-order valence-corrected chi connectivity index (χ2v) is 5.33. The Morgan fingerprint density at radius 3 is 2.71 bits per heavy atom. The first-order valence-corrected chi connectivity index (χ1v) is 6.78. The van der Waals surface area contributed by atoms with Gasteiger partial charge in [-0.1, -0.05) is 6.58 Å². The molecule has 1 aromatic rings. The maximum atomic E-state index is 11.6. The van der Waals surface area contributed by atoms with Crippen molar-refractivity contribution in [3.05, 3.63) is 24.8 Å². The molecule has 6 heteroatoms. The van der Waals surface area contributed by atoms with Gasteiger partial charge >= 0.3 is 0 Å².